The van der Waals surface area contributed by atoms with Gasteiger partial charge in [0.15, 0.2) is 0 Å². The van der Waals surface area contributed by atoms with E-state index in [2.05, 4.69) is 5.32 Å². The first kappa shape index (κ1) is 19.1. The third-order valence-electron chi connectivity index (χ3n) is 2.10. The number of halogens is 1. The highest BCUT2D eigenvalue weighted by Gasteiger charge is 2.07. The lowest BCUT2D eigenvalue weighted by molar-refractivity contribution is 0.194. The molecule has 0 unspecified atom stereocenters. The van der Waals surface area contributed by atoms with E-state index in [4.69, 9.17) is 15.8 Å². The van der Waals surface area contributed by atoms with Crippen molar-refractivity contribution in [1.82, 2.24) is 5.32 Å². The van der Waals surface area contributed by atoms with Crippen LogP contribution in [0.4, 0.5) is 4.79 Å². The molecule has 0 fully saturated rings. The average Bonchev–Trinajstić information content (AvgIpc) is 2.35. The minimum absolute atomic E-state index is 0.143. The standard InChI is InChI=1S/C7H7ClO2S.C5H11NO2S/c1-6-2-4-7(5-3-6)11(8,9)10;1-9-4-2-3-6-5(7)8/h2-5H,1H3;6H,2-4H2,1H3,(H,7,8). The van der Waals surface area contributed by atoms with Crippen molar-refractivity contribution in [2.75, 3.05) is 18.6 Å². The molecular weight excluding hydrogens is 322 g/mol. The van der Waals surface area contributed by atoms with Crippen LogP contribution in [0.2, 0.25) is 0 Å². The molecule has 0 aliphatic rings. The Balaban J connectivity index is 0.000000370. The normalized spacial score (nSPS) is 10.3. The quantitative estimate of drug-likeness (QED) is 0.636. The topological polar surface area (TPSA) is 83.5 Å². The van der Waals surface area contributed by atoms with Crippen LogP contribution >= 0.6 is 22.4 Å². The van der Waals surface area contributed by atoms with Gasteiger partial charge in [-0.1, -0.05) is 17.7 Å². The zero-order valence-corrected chi connectivity index (χ0v) is 13.7. The Morgan fingerprint density at radius 3 is 2.30 bits per heavy atom. The number of carboxylic acid groups (broad SMARTS) is 1. The molecule has 5 nitrogen and oxygen atoms in total. The Labute approximate surface area is 128 Å². The molecule has 0 heterocycles. The van der Waals surface area contributed by atoms with Gasteiger partial charge in [0.25, 0.3) is 9.05 Å². The molecule has 20 heavy (non-hydrogen) atoms. The fourth-order valence-corrected chi connectivity index (χ4v) is 2.32. The van der Waals surface area contributed by atoms with Crippen molar-refractivity contribution in [3.63, 3.8) is 0 Å². The summed E-state index contributed by atoms with van der Waals surface area (Å²) < 4.78 is 21.4. The maximum atomic E-state index is 10.7. The van der Waals surface area contributed by atoms with Gasteiger partial charge in [-0.05, 0) is 37.5 Å². The van der Waals surface area contributed by atoms with Gasteiger partial charge in [-0.25, -0.2) is 13.2 Å². The van der Waals surface area contributed by atoms with Gasteiger partial charge in [-0.15, -0.1) is 0 Å². The van der Waals surface area contributed by atoms with Crippen molar-refractivity contribution in [2.24, 2.45) is 0 Å². The van der Waals surface area contributed by atoms with Crippen LogP contribution in [-0.2, 0) is 9.05 Å². The van der Waals surface area contributed by atoms with Crippen LogP contribution in [-0.4, -0.2) is 38.2 Å². The number of nitrogens with one attached hydrogen (secondary N) is 1. The first-order chi connectivity index (χ1) is 9.27. The van der Waals surface area contributed by atoms with Gasteiger partial charge >= 0.3 is 6.09 Å². The smallest absolute Gasteiger partial charge is 0.404 e. The summed E-state index contributed by atoms with van der Waals surface area (Å²) in [6, 6.07) is 6.37. The molecule has 0 aromatic heterocycles. The predicted molar refractivity (Wildman–Crippen MR) is 83.2 cm³/mol. The monoisotopic (exact) mass is 339 g/mol. The molecule has 1 aromatic rings. The molecule has 0 saturated heterocycles. The minimum Gasteiger partial charge on any atom is -0.465 e. The molecule has 8 heteroatoms. The molecule has 114 valence electrons. The Morgan fingerprint density at radius 2 is 1.90 bits per heavy atom. The summed E-state index contributed by atoms with van der Waals surface area (Å²) in [7, 11) is 1.54. The van der Waals surface area contributed by atoms with Crippen molar-refractivity contribution in [1.29, 1.82) is 0 Å². The van der Waals surface area contributed by atoms with E-state index in [0.29, 0.717) is 6.54 Å². The highest BCUT2D eigenvalue weighted by Crippen LogP contribution is 2.14. The maximum Gasteiger partial charge on any atom is 0.404 e. The first-order valence-corrected chi connectivity index (χ1v) is 9.44. The number of hydrogen-bond acceptors (Lipinski definition) is 4. The van der Waals surface area contributed by atoms with Crippen molar-refractivity contribution in [2.45, 2.75) is 18.2 Å². The molecule has 2 N–H and O–H groups in total. The van der Waals surface area contributed by atoms with Crippen LogP contribution in [0.5, 0.6) is 0 Å². The summed E-state index contributed by atoms with van der Waals surface area (Å²) in [5, 5.41) is 10.4. The predicted octanol–water partition coefficient (Wildman–Crippen LogP) is 2.93. The van der Waals surface area contributed by atoms with Gasteiger partial charge in [-0.2, -0.15) is 11.8 Å². The van der Waals surface area contributed by atoms with Gasteiger partial charge in [0.1, 0.15) is 0 Å². The molecular formula is C12H18ClNO4S2. The number of carbonyl (C=O) groups is 1. The number of amides is 1. The van der Waals surface area contributed by atoms with Crippen LogP contribution in [0.15, 0.2) is 29.2 Å². The lowest BCUT2D eigenvalue weighted by Gasteiger charge is -1.96. The lowest BCUT2D eigenvalue weighted by Crippen LogP contribution is -2.22. The molecule has 0 spiro atoms. The third kappa shape index (κ3) is 9.94. The highest BCUT2D eigenvalue weighted by molar-refractivity contribution is 8.13. The first-order valence-electron chi connectivity index (χ1n) is 5.74. The number of hydrogen-bond donors (Lipinski definition) is 2. The second-order valence-electron chi connectivity index (χ2n) is 3.83. The van der Waals surface area contributed by atoms with Gasteiger partial charge in [-0.3, -0.25) is 0 Å². The fraction of sp³-hybridized carbons (Fsp3) is 0.417. The Hall–Kier alpha value is -0.920. The van der Waals surface area contributed by atoms with E-state index in [1.165, 1.54) is 12.1 Å². The van der Waals surface area contributed by atoms with E-state index in [0.717, 1.165) is 17.7 Å². The molecule has 1 aromatic carbocycles. The molecule has 1 amide bonds. The highest BCUT2D eigenvalue weighted by atomic mass is 35.7. The van der Waals surface area contributed by atoms with Gasteiger partial charge in [0.2, 0.25) is 0 Å². The Kier molecular flexibility index (Phi) is 9.45. The second kappa shape index (κ2) is 9.90. The average molecular weight is 340 g/mol. The van der Waals surface area contributed by atoms with Crippen molar-refractivity contribution in [3.05, 3.63) is 29.8 Å². The fourth-order valence-electron chi connectivity index (χ4n) is 1.11. The van der Waals surface area contributed by atoms with Crippen molar-refractivity contribution < 1.29 is 18.3 Å². The van der Waals surface area contributed by atoms with Crippen LogP contribution < -0.4 is 5.32 Å². The molecule has 1 rings (SSSR count). The lowest BCUT2D eigenvalue weighted by atomic mass is 10.2. The summed E-state index contributed by atoms with van der Waals surface area (Å²) in [6.45, 7) is 2.45. The number of benzene rings is 1. The molecule has 0 atom stereocenters. The summed E-state index contributed by atoms with van der Waals surface area (Å²) in [5.74, 6) is 1.01. The van der Waals surface area contributed by atoms with Crippen molar-refractivity contribution >= 4 is 37.6 Å². The molecule has 0 aliphatic carbocycles. The molecule has 0 aliphatic heterocycles. The van der Waals surface area contributed by atoms with E-state index < -0.39 is 15.1 Å². The van der Waals surface area contributed by atoms with Crippen LogP contribution in [0, 0.1) is 6.92 Å². The summed E-state index contributed by atoms with van der Waals surface area (Å²) in [6.07, 6.45) is 1.98. The van der Waals surface area contributed by atoms with Gasteiger partial charge < -0.3 is 10.4 Å². The van der Waals surface area contributed by atoms with Crippen LogP contribution in [0.1, 0.15) is 12.0 Å². The molecule has 0 bridgehead atoms. The Bertz CT molecular complexity index is 503. The number of rotatable bonds is 5. The number of thioether (sulfide) groups is 1. The summed E-state index contributed by atoms with van der Waals surface area (Å²) >= 11 is 1.72. The largest absolute Gasteiger partial charge is 0.465 e. The van der Waals surface area contributed by atoms with E-state index in [1.807, 2.05) is 13.2 Å². The van der Waals surface area contributed by atoms with Gasteiger partial charge in [0.05, 0.1) is 4.90 Å². The van der Waals surface area contributed by atoms with E-state index in [-0.39, 0.29) is 4.90 Å². The van der Waals surface area contributed by atoms with E-state index >= 15 is 0 Å². The van der Waals surface area contributed by atoms with Crippen LogP contribution in [0.3, 0.4) is 0 Å². The Morgan fingerprint density at radius 1 is 1.35 bits per heavy atom. The zero-order chi connectivity index (χ0) is 15.6. The summed E-state index contributed by atoms with van der Waals surface area (Å²) in [4.78, 5) is 9.99. The van der Waals surface area contributed by atoms with Crippen molar-refractivity contribution in [3.8, 4) is 0 Å². The molecule has 0 saturated carbocycles. The van der Waals surface area contributed by atoms with Crippen LogP contribution in [0.25, 0.3) is 0 Å². The SMILES string of the molecule is CSCCCNC(=O)O.Cc1ccc(S(=O)(=O)Cl)cc1. The maximum absolute atomic E-state index is 10.7. The van der Waals surface area contributed by atoms with E-state index in [9.17, 15) is 13.2 Å². The van der Waals surface area contributed by atoms with E-state index in [1.54, 1.807) is 23.9 Å². The zero-order valence-electron chi connectivity index (χ0n) is 11.3. The second-order valence-corrected chi connectivity index (χ2v) is 7.38. The molecule has 0 radical (unpaired) electrons. The third-order valence-corrected chi connectivity index (χ3v) is 4.17. The van der Waals surface area contributed by atoms with Gasteiger partial charge in [0, 0.05) is 17.2 Å². The minimum atomic E-state index is -3.55. The number of aryl methyl sites for hydroxylation is 1. The summed E-state index contributed by atoms with van der Waals surface area (Å²) in [5.41, 5.74) is 1.01.